The second-order valence-corrected chi connectivity index (χ2v) is 7.74. The van der Waals surface area contributed by atoms with Crippen LogP contribution in [0.3, 0.4) is 0 Å². The third-order valence-corrected chi connectivity index (χ3v) is 5.74. The Morgan fingerprint density at radius 2 is 2.16 bits per heavy atom. The lowest BCUT2D eigenvalue weighted by Gasteiger charge is -2.33. The van der Waals surface area contributed by atoms with Crippen LogP contribution >= 0.6 is 22.9 Å². The molecule has 4 rings (SSSR count). The number of hydrogen-bond acceptors (Lipinski definition) is 6. The van der Waals surface area contributed by atoms with Gasteiger partial charge >= 0.3 is 6.03 Å². The van der Waals surface area contributed by atoms with Crippen LogP contribution in [-0.2, 0) is 4.74 Å². The summed E-state index contributed by atoms with van der Waals surface area (Å²) in [5, 5.41) is 13.0. The van der Waals surface area contributed by atoms with Gasteiger partial charge in [-0.15, -0.1) is 21.5 Å². The summed E-state index contributed by atoms with van der Waals surface area (Å²) in [5.74, 6) is 0.996. The van der Waals surface area contributed by atoms with E-state index in [0.717, 1.165) is 38.7 Å². The van der Waals surface area contributed by atoms with Gasteiger partial charge in [0, 0.05) is 13.2 Å². The molecule has 134 valence electrons. The number of likely N-dealkylation sites (tertiary alicyclic amines) is 1. The summed E-state index contributed by atoms with van der Waals surface area (Å²) >= 11 is 7.47. The molecule has 7 nitrogen and oxygen atoms in total. The molecule has 1 unspecified atom stereocenters. The monoisotopic (exact) mass is 382 g/mol. The van der Waals surface area contributed by atoms with Gasteiger partial charge in [0.2, 0.25) is 11.8 Å². The fourth-order valence-corrected chi connectivity index (χ4v) is 4.12. The summed E-state index contributed by atoms with van der Waals surface area (Å²) in [6.07, 6.45) is 4.56. The van der Waals surface area contributed by atoms with Crippen molar-refractivity contribution in [1.82, 2.24) is 15.1 Å². The van der Waals surface area contributed by atoms with Crippen LogP contribution in [0.4, 0.5) is 10.5 Å². The van der Waals surface area contributed by atoms with Crippen LogP contribution < -0.4 is 5.32 Å². The third-order valence-electron chi connectivity index (χ3n) is 4.57. The number of thiophene rings is 1. The average molecular weight is 383 g/mol. The Morgan fingerprint density at radius 3 is 2.92 bits per heavy atom. The maximum atomic E-state index is 12.7. The standard InChI is InChI=1S/C16H19ClN4O3S/c17-13-10(6-9-25-13)18-16(22)21-7-2-1-4-11(21)14-19-20-15(24-14)12-5-3-8-23-12/h6,9,11-12H,1-5,7-8H2,(H,18,22)/t11?,12-/m1/s1. The zero-order valence-corrected chi connectivity index (χ0v) is 15.2. The molecule has 0 radical (unpaired) electrons. The molecule has 2 amide bonds. The molecule has 2 aliphatic rings. The molecule has 2 aromatic heterocycles. The summed E-state index contributed by atoms with van der Waals surface area (Å²) < 4.78 is 12.0. The van der Waals surface area contributed by atoms with Crippen LogP contribution in [0.25, 0.3) is 0 Å². The van der Waals surface area contributed by atoms with E-state index < -0.39 is 0 Å². The highest BCUT2D eigenvalue weighted by atomic mass is 35.5. The number of rotatable bonds is 3. The fourth-order valence-electron chi connectivity index (χ4n) is 3.28. The molecule has 2 aromatic rings. The number of amides is 2. The molecule has 2 aliphatic heterocycles. The SMILES string of the molecule is O=C(Nc1ccsc1Cl)N1CCCCC1c1nnc([C@H]2CCCO2)o1. The zero-order valence-electron chi connectivity index (χ0n) is 13.6. The number of halogens is 1. The molecule has 0 aromatic carbocycles. The highest BCUT2D eigenvalue weighted by Gasteiger charge is 2.33. The molecule has 0 spiro atoms. The van der Waals surface area contributed by atoms with Gasteiger partial charge in [-0.2, -0.15) is 0 Å². The van der Waals surface area contributed by atoms with Crippen LogP contribution in [0.2, 0.25) is 4.34 Å². The van der Waals surface area contributed by atoms with Gasteiger partial charge in [0.1, 0.15) is 16.5 Å². The number of hydrogen-bond donors (Lipinski definition) is 1. The summed E-state index contributed by atoms with van der Waals surface area (Å²) in [4.78, 5) is 14.5. The molecule has 2 fully saturated rings. The minimum absolute atomic E-state index is 0.114. The maximum Gasteiger partial charge on any atom is 0.322 e. The van der Waals surface area contributed by atoms with E-state index in [4.69, 9.17) is 20.8 Å². The lowest BCUT2D eigenvalue weighted by molar-refractivity contribution is 0.0842. The van der Waals surface area contributed by atoms with Crippen LogP contribution in [0.5, 0.6) is 0 Å². The van der Waals surface area contributed by atoms with Crippen molar-refractivity contribution in [3.05, 3.63) is 27.6 Å². The largest absolute Gasteiger partial charge is 0.420 e. The van der Waals surface area contributed by atoms with Gasteiger partial charge in [0.25, 0.3) is 0 Å². The van der Waals surface area contributed by atoms with Crippen LogP contribution in [-0.4, -0.2) is 34.3 Å². The first-order valence-electron chi connectivity index (χ1n) is 8.48. The third kappa shape index (κ3) is 3.51. The van der Waals surface area contributed by atoms with Crippen molar-refractivity contribution in [2.24, 2.45) is 0 Å². The normalized spacial score (nSPS) is 23.8. The molecule has 0 aliphatic carbocycles. The Bertz CT molecular complexity index is 743. The first-order valence-corrected chi connectivity index (χ1v) is 9.73. The Balaban J connectivity index is 1.50. The summed E-state index contributed by atoms with van der Waals surface area (Å²) in [6, 6.07) is 1.39. The van der Waals surface area contributed by atoms with Crippen molar-refractivity contribution in [3.8, 4) is 0 Å². The van der Waals surface area contributed by atoms with Gasteiger partial charge in [-0.1, -0.05) is 11.6 Å². The number of carbonyl (C=O) groups excluding carboxylic acids is 1. The van der Waals surface area contributed by atoms with Gasteiger partial charge in [0.05, 0.1) is 5.69 Å². The molecule has 1 N–H and O–H groups in total. The van der Waals surface area contributed by atoms with Crippen LogP contribution in [0.1, 0.15) is 56.0 Å². The smallest absolute Gasteiger partial charge is 0.322 e. The Hall–Kier alpha value is -1.64. The first kappa shape index (κ1) is 16.8. The number of aromatic nitrogens is 2. The van der Waals surface area contributed by atoms with E-state index in [1.807, 2.05) is 5.38 Å². The van der Waals surface area contributed by atoms with Gasteiger partial charge < -0.3 is 19.4 Å². The van der Waals surface area contributed by atoms with E-state index in [0.29, 0.717) is 28.3 Å². The summed E-state index contributed by atoms with van der Waals surface area (Å²) in [5.41, 5.74) is 0.631. The summed E-state index contributed by atoms with van der Waals surface area (Å²) in [6.45, 7) is 1.37. The second-order valence-electron chi connectivity index (χ2n) is 6.22. The maximum absolute atomic E-state index is 12.7. The molecule has 2 atom stereocenters. The van der Waals surface area contributed by atoms with E-state index >= 15 is 0 Å². The second kappa shape index (κ2) is 7.31. The van der Waals surface area contributed by atoms with Crippen molar-refractivity contribution in [2.75, 3.05) is 18.5 Å². The number of ether oxygens (including phenoxy) is 1. The minimum atomic E-state index is -0.214. The number of nitrogens with zero attached hydrogens (tertiary/aromatic N) is 3. The lowest BCUT2D eigenvalue weighted by atomic mass is 10.0. The predicted octanol–water partition coefficient (Wildman–Crippen LogP) is 4.40. The highest BCUT2D eigenvalue weighted by molar-refractivity contribution is 7.15. The Morgan fingerprint density at radius 1 is 1.28 bits per heavy atom. The number of nitrogens with one attached hydrogen (secondary N) is 1. The molecular formula is C16H19ClN4O3S. The number of carbonyl (C=O) groups is 1. The van der Waals surface area contributed by atoms with Crippen LogP contribution in [0.15, 0.2) is 15.9 Å². The van der Waals surface area contributed by atoms with E-state index in [-0.39, 0.29) is 18.2 Å². The quantitative estimate of drug-likeness (QED) is 0.851. The predicted molar refractivity (Wildman–Crippen MR) is 93.9 cm³/mol. The molecule has 2 saturated heterocycles. The van der Waals surface area contributed by atoms with Crippen molar-refractivity contribution < 1.29 is 13.9 Å². The molecule has 0 saturated carbocycles. The molecular weight excluding hydrogens is 364 g/mol. The number of anilines is 1. The van der Waals surface area contributed by atoms with Crippen LogP contribution in [0, 0.1) is 0 Å². The topological polar surface area (TPSA) is 80.5 Å². The first-order chi connectivity index (χ1) is 12.2. The van der Waals surface area contributed by atoms with Gasteiger partial charge in [-0.3, -0.25) is 0 Å². The Labute approximate surface area is 154 Å². The summed E-state index contributed by atoms with van der Waals surface area (Å²) in [7, 11) is 0. The van der Waals surface area contributed by atoms with E-state index in [1.165, 1.54) is 11.3 Å². The molecule has 9 heteroatoms. The van der Waals surface area contributed by atoms with Crippen molar-refractivity contribution in [3.63, 3.8) is 0 Å². The van der Waals surface area contributed by atoms with Gasteiger partial charge in [-0.25, -0.2) is 4.79 Å². The number of piperidine rings is 1. The van der Waals surface area contributed by atoms with Crippen molar-refractivity contribution in [1.29, 1.82) is 0 Å². The van der Waals surface area contributed by atoms with E-state index in [1.54, 1.807) is 11.0 Å². The fraction of sp³-hybridized carbons (Fsp3) is 0.562. The number of urea groups is 1. The van der Waals surface area contributed by atoms with Crippen molar-refractivity contribution >= 4 is 34.7 Å². The van der Waals surface area contributed by atoms with E-state index in [2.05, 4.69) is 15.5 Å². The molecule has 25 heavy (non-hydrogen) atoms. The zero-order chi connectivity index (χ0) is 17.2. The van der Waals surface area contributed by atoms with Gasteiger partial charge in [-0.05, 0) is 43.6 Å². The van der Waals surface area contributed by atoms with E-state index in [9.17, 15) is 4.79 Å². The molecule has 0 bridgehead atoms. The van der Waals surface area contributed by atoms with Gasteiger partial charge in [0.15, 0.2) is 0 Å². The highest BCUT2D eigenvalue weighted by Crippen LogP contribution is 2.34. The average Bonchev–Trinajstić information content (AvgIpc) is 3.37. The Kier molecular flexibility index (Phi) is 4.91. The van der Waals surface area contributed by atoms with Crippen molar-refractivity contribution in [2.45, 2.75) is 44.2 Å². The lowest BCUT2D eigenvalue weighted by Crippen LogP contribution is -2.41. The minimum Gasteiger partial charge on any atom is -0.420 e. The molecule has 4 heterocycles.